The van der Waals surface area contributed by atoms with Crippen LogP contribution in [0.5, 0.6) is 0 Å². The van der Waals surface area contributed by atoms with E-state index in [0.717, 1.165) is 28.4 Å². The Labute approximate surface area is 133 Å². The van der Waals surface area contributed by atoms with Gasteiger partial charge in [-0.3, -0.25) is 0 Å². The van der Waals surface area contributed by atoms with Gasteiger partial charge in [0.2, 0.25) is 5.95 Å². The fourth-order valence-electron chi connectivity index (χ4n) is 2.48. The van der Waals surface area contributed by atoms with Gasteiger partial charge in [-0.15, -0.1) is 5.10 Å². The number of para-hydroxylation sites is 3. The van der Waals surface area contributed by atoms with Gasteiger partial charge in [-0.1, -0.05) is 35.5 Å². The minimum Gasteiger partial charge on any atom is -0.348 e. The second-order valence-corrected chi connectivity index (χ2v) is 5.39. The third-order valence-corrected chi connectivity index (χ3v) is 3.72. The van der Waals surface area contributed by atoms with Crippen molar-refractivity contribution in [3.63, 3.8) is 0 Å². The van der Waals surface area contributed by atoms with Crippen LogP contribution in [0.2, 0.25) is 0 Å². The first-order valence-corrected chi connectivity index (χ1v) is 7.48. The lowest BCUT2D eigenvalue weighted by molar-refractivity contribution is 0.778. The summed E-state index contributed by atoms with van der Waals surface area (Å²) in [7, 11) is 0. The number of H-pyrrole nitrogens is 1. The molecule has 2 heterocycles. The largest absolute Gasteiger partial charge is 0.348 e. The topological polar surface area (TPSA) is 71.4 Å². The average Bonchev–Trinajstić information content (AvgIpc) is 3.22. The van der Waals surface area contributed by atoms with Crippen molar-refractivity contribution in [1.29, 1.82) is 0 Å². The van der Waals surface area contributed by atoms with E-state index >= 15 is 0 Å². The van der Waals surface area contributed by atoms with E-state index < -0.39 is 0 Å². The van der Waals surface area contributed by atoms with Crippen LogP contribution in [0, 0.1) is 0 Å². The summed E-state index contributed by atoms with van der Waals surface area (Å²) in [6, 6.07) is 17.9. The van der Waals surface area contributed by atoms with E-state index in [-0.39, 0.29) is 6.04 Å². The smallest absolute Gasteiger partial charge is 0.201 e. The Morgan fingerprint density at radius 1 is 1.04 bits per heavy atom. The van der Waals surface area contributed by atoms with Gasteiger partial charge in [0.1, 0.15) is 5.69 Å². The lowest BCUT2D eigenvalue weighted by Gasteiger charge is -2.08. The highest BCUT2D eigenvalue weighted by molar-refractivity contribution is 5.77. The number of fused-ring (bicyclic) bond motifs is 1. The summed E-state index contributed by atoms with van der Waals surface area (Å²) in [5.74, 6) is 0.730. The molecule has 4 rings (SSSR count). The van der Waals surface area contributed by atoms with Crippen molar-refractivity contribution in [2.24, 2.45) is 0 Å². The first kappa shape index (κ1) is 13.5. The summed E-state index contributed by atoms with van der Waals surface area (Å²) in [5.41, 5.74) is 3.79. The number of nitrogens with one attached hydrogen (secondary N) is 2. The van der Waals surface area contributed by atoms with E-state index in [2.05, 4.69) is 25.6 Å². The molecule has 1 atom stereocenters. The maximum absolute atomic E-state index is 4.52. The zero-order chi connectivity index (χ0) is 15.6. The van der Waals surface area contributed by atoms with Gasteiger partial charge in [-0.2, -0.15) is 0 Å². The molecule has 0 amide bonds. The fourth-order valence-corrected chi connectivity index (χ4v) is 2.48. The standard InChI is InChI=1S/C17H16N6/c1-12(18-17-19-14-9-5-6-10-15(14)20-17)16-11-23(22-21-16)13-7-3-2-4-8-13/h2-12H,1H3,(H2,18,19,20). The molecule has 114 valence electrons. The van der Waals surface area contributed by atoms with Gasteiger partial charge in [0.15, 0.2) is 0 Å². The zero-order valence-corrected chi connectivity index (χ0v) is 12.6. The number of hydrogen-bond donors (Lipinski definition) is 2. The number of aromatic amines is 1. The highest BCUT2D eigenvalue weighted by Crippen LogP contribution is 2.19. The predicted molar refractivity (Wildman–Crippen MR) is 89.5 cm³/mol. The Bertz CT molecular complexity index is 891. The van der Waals surface area contributed by atoms with Crippen molar-refractivity contribution >= 4 is 17.0 Å². The van der Waals surface area contributed by atoms with Crippen LogP contribution < -0.4 is 5.32 Å². The summed E-state index contributed by atoms with van der Waals surface area (Å²) in [6.45, 7) is 2.03. The third-order valence-electron chi connectivity index (χ3n) is 3.72. The maximum Gasteiger partial charge on any atom is 0.201 e. The van der Waals surface area contributed by atoms with E-state index in [9.17, 15) is 0 Å². The van der Waals surface area contributed by atoms with Gasteiger partial charge < -0.3 is 10.3 Å². The second kappa shape index (κ2) is 5.57. The van der Waals surface area contributed by atoms with E-state index in [1.54, 1.807) is 4.68 Å². The normalized spacial score (nSPS) is 12.4. The molecule has 0 fully saturated rings. The van der Waals surface area contributed by atoms with Gasteiger partial charge in [-0.25, -0.2) is 9.67 Å². The highest BCUT2D eigenvalue weighted by Gasteiger charge is 2.12. The molecule has 0 saturated carbocycles. The van der Waals surface area contributed by atoms with Crippen molar-refractivity contribution in [3.8, 4) is 5.69 Å². The molecule has 0 aliphatic rings. The number of anilines is 1. The molecule has 2 aromatic heterocycles. The van der Waals surface area contributed by atoms with Crippen LogP contribution in [-0.2, 0) is 0 Å². The monoisotopic (exact) mass is 304 g/mol. The molecule has 6 heteroatoms. The van der Waals surface area contributed by atoms with Crippen LogP contribution in [0.1, 0.15) is 18.7 Å². The van der Waals surface area contributed by atoms with Crippen LogP contribution in [0.25, 0.3) is 16.7 Å². The van der Waals surface area contributed by atoms with Crippen molar-refractivity contribution in [2.75, 3.05) is 5.32 Å². The molecule has 23 heavy (non-hydrogen) atoms. The van der Waals surface area contributed by atoms with Crippen LogP contribution in [0.4, 0.5) is 5.95 Å². The Kier molecular flexibility index (Phi) is 3.27. The number of nitrogens with zero attached hydrogens (tertiary/aromatic N) is 4. The van der Waals surface area contributed by atoms with Gasteiger partial charge >= 0.3 is 0 Å². The maximum atomic E-state index is 4.52. The van der Waals surface area contributed by atoms with Gasteiger partial charge in [-0.05, 0) is 31.2 Å². The summed E-state index contributed by atoms with van der Waals surface area (Å²) < 4.78 is 1.77. The second-order valence-electron chi connectivity index (χ2n) is 5.39. The third kappa shape index (κ3) is 2.66. The fraction of sp³-hybridized carbons (Fsp3) is 0.118. The minimum absolute atomic E-state index is 0.00646. The van der Waals surface area contributed by atoms with Crippen LogP contribution in [0.3, 0.4) is 0 Å². The van der Waals surface area contributed by atoms with Crippen molar-refractivity contribution in [2.45, 2.75) is 13.0 Å². The molecule has 0 spiro atoms. The van der Waals surface area contributed by atoms with Crippen LogP contribution in [0.15, 0.2) is 60.8 Å². The molecule has 0 aliphatic carbocycles. The number of aromatic nitrogens is 5. The quantitative estimate of drug-likeness (QED) is 0.607. The Hall–Kier alpha value is -3.15. The Balaban J connectivity index is 1.55. The zero-order valence-electron chi connectivity index (χ0n) is 12.6. The average molecular weight is 304 g/mol. The highest BCUT2D eigenvalue weighted by atomic mass is 15.4. The molecular weight excluding hydrogens is 288 g/mol. The van der Waals surface area contributed by atoms with E-state index in [0.29, 0.717) is 0 Å². The van der Waals surface area contributed by atoms with Gasteiger partial charge in [0, 0.05) is 0 Å². The summed E-state index contributed by atoms with van der Waals surface area (Å²) in [6.07, 6.45) is 1.93. The molecule has 1 unspecified atom stereocenters. The number of rotatable bonds is 4. The number of imidazole rings is 1. The van der Waals surface area contributed by atoms with Crippen molar-refractivity contribution in [1.82, 2.24) is 25.0 Å². The first-order chi connectivity index (χ1) is 11.3. The van der Waals surface area contributed by atoms with Crippen molar-refractivity contribution < 1.29 is 0 Å². The lowest BCUT2D eigenvalue weighted by Crippen LogP contribution is -2.08. The Morgan fingerprint density at radius 3 is 2.65 bits per heavy atom. The minimum atomic E-state index is -0.00646. The number of hydrogen-bond acceptors (Lipinski definition) is 4. The summed E-state index contributed by atoms with van der Waals surface area (Å²) >= 11 is 0. The predicted octanol–water partition coefficient (Wildman–Crippen LogP) is 3.32. The van der Waals surface area contributed by atoms with Gasteiger partial charge in [0.25, 0.3) is 0 Å². The van der Waals surface area contributed by atoms with Gasteiger partial charge in [0.05, 0.1) is 29.0 Å². The van der Waals surface area contributed by atoms with Crippen LogP contribution in [-0.4, -0.2) is 25.0 Å². The molecule has 6 nitrogen and oxygen atoms in total. The van der Waals surface area contributed by atoms with E-state index in [1.807, 2.05) is 67.7 Å². The van der Waals surface area contributed by atoms with Crippen molar-refractivity contribution in [3.05, 3.63) is 66.5 Å². The lowest BCUT2D eigenvalue weighted by atomic mass is 10.2. The first-order valence-electron chi connectivity index (χ1n) is 7.48. The Morgan fingerprint density at radius 2 is 1.83 bits per heavy atom. The molecule has 0 saturated heterocycles. The SMILES string of the molecule is CC(Nc1nc2ccccc2[nH]1)c1cn(-c2ccccc2)nn1. The summed E-state index contributed by atoms with van der Waals surface area (Å²) in [4.78, 5) is 7.78. The molecule has 2 N–H and O–H groups in total. The molecule has 0 radical (unpaired) electrons. The van der Waals surface area contributed by atoms with E-state index in [4.69, 9.17) is 0 Å². The molecule has 4 aromatic rings. The molecule has 2 aromatic carbocycles. The molecular formula is C17H16N6. The summed E-state index contributed by atoms with van der Waals surface area (Å²) in [5, 5.41) is 11.8. The van der Waals surface area contributed by atoms with E-state index in [1.165, 1.54) is 0 Å². The van der Waals surface area contributed by atoms with Crippen LogP contribution >= 0.6 is 0 Å². The molecule has 0 aliphatic heterocycles. The molecule has 0 bridgehead atoms. The number of benzene rings is 2.